The lowest BCUT2D eigenvalue weighted by Gasteiger charge is -2.33. The second-order valence-electron chi connectivity index (χ2n) is 6.66. The standard InChI is InChI=1S/C17H23ClN2O3S/c1-24(22,23)19-10-7-13(8-11-19)17(21)20-9-3-2-4-14-12-15(18)5-6-16(14)20/h5-6,12-13H,2-4,7-11H2,1H3. The maximum atomic E-state index is 13.0. The molecule has 3 rings (SSSR count). The summed E-state index contributed by atoms with van der Waals surface area (Å²) in [5.41, 5.74) is 2.09. The zero-order chi connectivity index (χ0) is 17.3. The third-order valence-corrected chi connectivity index (χ3v) is 6.49. The van der Waals surface area contributed by atoms with Crippen molar-refractivity contribution in [1.82, 2.24) is 4.31 Å². The van der Waals surface area contributed by atoms with E-state index < -0.39 is 10.0 Å². The molecule has 0 unspecified atom stereocenters. The number of hydrogen-bond donors (Lipinski definition) is 0. The molecule has 5 nitrogen and oxygen atoms in total. The Bertz CT molecular complexity index is 727. The molecule has 2 aliphatic rings. The van der Waals surface area contributed by atoms with Crippen LogP contribution < -0.4 is 4.90 Å². The van der Waals surface area contributed by atoms with Gasteiger partial charge in [0.2, 0.25) is 15.9 Å². The molecule has 1 fully saturated rings. The second kappa shape index (κ2) is 7.02. The number of nitrogens with zero attached hydrogens (tertiary/aromatic N) is 2. The largest absolute Gasteiger partial charge is 0.312 e. The van der Waals surface area contributed by atoms with Crippen LogP contribution in [-0.2, 0) is 21.2 Å². The van der Waals surface area contributed by atoms with E-state index in [1.54, 1.807) is 0 Å². The van der Waals surface area contributed by atoms with Gasteiger partial charge < -0.3 is 4.90 Å². The van der Waals surface area contributed by atoms with E-state index in [9.17, 15) is 13.2 Å². The lowest BCUT2D eigenvalue weighted by atomic mass is 9.96. The summed E-state index contributed by atoms with van der Waals surface area (Å²) in [5.74, 6) is 0.0123. The number of carbonyl (C=O) groups excluding carboxylic acids is 1. The normalized spacial score (nSPS) is 20.5. The Hall–Kier alpha value is -1.11. The molecule has 0 radical (unpaired) electrons. The van der Waals surface area contributed by atoms with E-state index in [4.69, 9.17) is 11.6 Å². The number of aryl methyl sites for hydroxylation is 1. The summed E-state index contributed by atoms with van der Waals surface area (Å²) in [5, 5.41) is 0.699. The molecule has 0 aromatic heterocycles. The fourth-order valence-corrected chi connectivity index (χ4v) is 4.68. The molecule has 1 amide bonds. The molecular formula is C17H23ClN2O3S. The molecule has 0 spiro atoms. The second-order valence-corrected chi connectivity index (χ2v) is 9.08. The average Bonchev–Trinajstić information content (AvgIpc) is 2.75. The van der Waals surface area contributed by atoms with Crippen LogP contribution in [0.2, 0.25) is 5.02 Å². The fourth-order valence-electron chi connectivity index (χ4n) is 3.61. The van der Waals surface area contributed by atoms with E-state index in [1.165, 1.54) is 10.6 Å². The van der Waals surface area contributed by atoms with Crippen LogP contribution in [-0.4, -0.2) is 44.5 Å². The van der Waals surface area contributed by atoms with Gasteiger partial charge in [0.05, 0.1) is 6.26 Å². The third-order valence-electron chi connectivity index (χ3n) is 4.95. The molecule has 0 N–H and O–H groups in total. The van der Waals surface area contributed by atoms with Gasteiger partial charge in [0.15, 0.2) is 0 Å². The SMILES string of the molecule is CS(=O)(=O)N1CCC(C(=O)N2CCCCc3cc(Cl)ccc32)CC1. The van der Waals surface area contributed by atoms with Crippen molar-refractivity contribution in [2.45, 2.75) is 32.1 Å². The first-order valence-electron chi connectivity index (χ1n) is 8.41. The van der Waals surface area contributed by atoms with E-state index in [0.29, 0.717) is 31.0 Å². The first-order valence-corrected chi connectivity index (χ1v) is 10.6. The van der Waals surface area contributed by atoms with Crippen molar-refractivity contribution in [2.75, 3.05) is 30.8 Å². The molecule has 0 saturated carbocycles. The number of carbonyl (C=O) groups is 1. The number of halogens is 1. The Morgan fingerprint density at radius 1 is 1.17 bits per heavy atom. The van der Waals surface area contributed by atoms with Crippen molar-refractivity contribution >= 4 is 33.2 Å². The number of anilines is 1. The van der Waals surface area contributed by atoms with Gasteiger partial charge in [-0.3, -0.25) is 4.79 Å². The predicted octanol–water partition coefficient (Wildman–Crippen LogP) is 2.68. The van der Waals surface area contributed by atoms with Gasteiger partial charge >= 0.3 is 0 Å². The Kier molecular flexibility index (Phi) is 5.18. The zero-order valence-corrected chi connectivity index (χ0v) is 15.4. The Labute approximate surface area is 148 Å². The molecule has 1 aromatic carbocycles. The Balaban J connectivity index is 1.76. The van der Waals surface area contributed by atoms with Gasteiger partial charge in [-0.15, -0.1) is 0 Å². The number of sulfonamides is 1. The van der Waals surface area contributed by atoms with Crippen LogP contribution in [0.15, 0.2) is 18.2 Å². The Morgan fingerprint density at radius 3 is 2.54 bits per heavy atom. The van der Waals surface area contributed by atoms with Gasteiger partial charge in [-0.25, -0.2) is 12.7 Å². The molecule has 7 heteroatoms. The number of fused-ring (bicyclic) bond motifs is 1. The maximum absolute atomic E-state index is 13.0. The molecule has 1 saturated heterocycles. The average molecular weight is 371 g/mol. The zero-order valence-electron chi connectivity index (χ0n) is 13.9. The van der Waals surface area contributed by atoms with E-state index in [2.05, 4.69) is 0 Å². The van der Waals surface area contributed by atoms with Gasteiger partial charge in [-0.2, -0.15) is 0 Å². The summed E-state index contributed by atoms with van der Waals surface area (Å²) in [6.45, 7) is 1.58. The summed E-state index contributed by atoms with van der Waals surface area (Å²) in [6, 6.07) is 5.72. The first-order chi connectivity index (χ1) is 11.4. The van der Waals surface area contributed by atoms with Crippen molar-refractivity contribution in [2.24, 2.45) is 5.92 Å². The van der Waals surface area contributed by atoms with E-state index >= 15 is 0 Å². The molecule has 24 heavy (non-hydrogen) atoms. The fraction of sp³-hybridized carbons (Fsp3) is 0.588. The molecular weight excluding hydrogens is 348 g/mol. The van der Waals surface area contributed by atoms with Crippen LogP contribution in [0.4, 0.5) is 5.69 Å². The highest BCUT2D eigenvalue weighted by Crippen LogP contribution is 2.31. The van der Waals surface area contributed by atoms with E-state index in [0.717, 1.165) is 37.1 Å². The topological polar surface area (TPSA) is 57.7 Å². The highest BCUT2D eigenvalue weighted by atomic mass is 35.5. The molecule has 2 heterocycles. The smallest absolute Gasteiger partial charge is 0.230 e. The maximum Gasteiger partial charge on any atom is 0.230 e. The highest BCUT2D eigenvalue weighted by molar-refractivity contribution is 7.88. The van der Waals surface area contributed by atoms with Gasteiger partial charge in [0.25, 0.3) is 0 Å². The predicted molar refractivity (Wildman–Crippen MR) is 95.9 cm³/mol. The minimum absolute atomic E-state index is 0.107. The molecule has 0 aliphatic carbocycles. The van der Waals surface area contributed by atoms with Crippen LogP contribution in [0.1, 0.15) is 31.2 Å². The van der Waals surface area contributed by atoms with Gasteiger partial charge in [-0.1, -0.05) is 11.6 Å². The summed E-state index contributed by atoms with van der Waals surface area (Å²) >= 11 is 6.10. The lowest BCUT2D eigenvalue weighted by Crippen LogP contribution is -2.44. The number of rotatable bonds is 2. The van der Waals surface area contributed by atoms with Crippen LogP contribution in [0.25, 0.3) is 0 Å². The van der Waals surface area contributed by atoms with Crippen molar-refractivity contribution in [1.29, 1.82) is 0 Å². The van der Waals surface area contributed by atoms with Crippen LogP contribution in [0.3, 0.4) is 0 Å². The van der Waals surface area contributed by atoms with Crippen molar-refractivity contribution in [3.05, 3.63) is 28.8 Å². The van der Waals surface area contributed by atoms with Gasteiger partial charge in [-0.05, 0) is 55.9 Å². The van der Waals surface area contributed by atoms with Crippen molar-refractivity contribution < 1.29 is 13.2 Å². The number of piperidine rings is 1. The monoisotopic (exact) mass is 370 g/mol. The summed E-state index contributed by atoms with van der Waals surface area (Å²) in [6.07, 6.45) is 5.36. The highest BCUT2D eigenvalue weighted by Gasteiger charge is 2.33. The first kappa shape index (κ1) is 17.7. The summed E-state index contributed by atoms with van der Waals surface area (Å²) in [7, 11) is -3.17. The number of amides is 1. The number of benzene rings is 1. The van der Waals surface area contributed by atoms with Crippen molar-refractivity contribution in [3.63, 3.8) is 0 Å². The summed E-state index contributed by atoms with van der Waals surface area (Å²) in [4.78, 5) is 14.9. The molecule has 2 aliphatic heterocycles. The van der Waals surface area contributed by atoms with Crippen LogP contribution in [0.5, 0.6) is 0 Å². The Morgan fingerprint density at radius 2 is 1.88 bits per heavy atom. The van der Waals surface area contributed by atoms with Gasteiger partial charge in [0.1, 0.15) is 0 Å². The quantitative estimate of drug-likeness (QED) is 0.804. The van der Waals surface area contributed by atoms with E-state index in [-0.39, 0.29) is 11.8 Å². The number of hydrogen-bond acceptors (Lipinski definition) is 3. The van der Waals surface area contributed by atoms with Gasteiger partial charge in [0, 0.05) is 36.3 Å². The van der Waals surface area contributed by atoms with E-state index in [1.807, 2.05) is 23.1 Å². The van der Waals surface area contributed by atoms with Crippen LogP contribution >= 0.6 is 11.6 Å². The van der Waals surface area contributed by atoms with Crippen molar-refractivity contribution in [3.8, 4) is 0 Å². The lowest BCUT2D eigenvalue weighted by molar-refractivity contribution is -0.123. The van der Waals surface area contributed by atoms with Crippen LogP contribution in [0, 0.1) is 5.92 Å². The molecule has 1 aromatic rings. The molecule has 0 bridgehead atoms. The molecule has 132 valence electrons. The minimum atomic E-state index is -3.17. The minimum Gasteiger partial charge on any atom is -0.312 e. The third kappa shape index (κ3) is 3.76. The summed E-state index contributed by atoms with van der Waals surface area (Å²) < 4.78 is 24.7. The molecule has 0 atom stereocenters.